The van der Waals surface area contributed by atoms with E-state index in [4.69, 9.17) is 24.4 Å². The zero-order chi connectivity index (χ0) is 21.3. The van der Waals surface area contributed by atoms with Crippen molar-refractivity contribution in [2.75, 3.05) is 6.61 Å². The molecule has 0 aliphatic carbocycles. The number of phosphoric acid groups is 1. The van der Waals surface area contributed by atoms with Gasteiger partial charge in [0.05, 0.1) is 0 Å². The predicted molar refractivity (Wildman–Crippen MR) is 127 cm³/mol. The maximum atomic E-state index is 8.88. The van der Waals surface area contributed by atoms with Gasteiger partial charge in [-0.3, -0.25) is 0 Å². The van der Waals surface area contributed by atoms with Crippen LogP contribution in [0, 0.1) is 0 Å². The first-order valence-corrected chi connectivity index (χ1v) is 13.4. The Labute approximate surface area is 204 Å². The fraction of sp³-hybridized carbons (Fsp3) is 1.00. The minimum Gasteiger partial charge on any atom is -0.396 e. The van der Waals surface area contributed by atoms with Crippen molar-refractivity contribution in [2.45, 2.75) is 135 Å². The van der Waals surface area contributed by atoms with Crippen LogP contribution in [0.2, 0.25) is 0 Å². The summed E-state index contributed by atoms with van der Waals surface area (Å²) in [6.07, 6.45) is 28.1. The van der Waals surface area contributed by atoms with Gasteiger partial charge < -0.3 is 19.8 Å². The average Bonchev–Trinajstić information content (AvgIpc) is 2.62. The molecule has 0 unspecified atom stereocenters. The molecule has 4 N–H and O–H groups in total. The number of hydrogen-bond acceptors (Lipinski definition) is 2. The van der Waals surface area contributed by atoms with E-state index < -0.39 is 7.82 Å². The molecule has 0 fully saturated rings. The topological polar surface area (TPSA) is 98.0 Å². The second-order valence-electron chi connectivity index (χ2n) is 7.95. The smallest absolute Gasteiger partial charge is 0.396 e. The summed E-state index contributed by atoms with van der Waals surface area (Å²) >= 11 is 0. The Morgan fingerprint density at radius 1 is 0.517 bits per heavy atom. The molecule has 0 aromatic heterocycles. The molecule has 0 saturated heterocycles. The molecule has 0 rings (SSSR count). The van der Waals surface area contributed by atoms with Crippen molar-refractivity contribution in [1.29, 1.82) is 0 Å². The number of aliphatic hydroxyl groups is 1. The van der Waals surface area contributed by atoms with Crippen molar-refractivity contribution < 1.29 is 25.8 Å². The summed E-state index contributed by atoms with van der Waals surface area (Å²) in [7, 11) is -4.64. The number of hydrogen-bond donors (Lipinski definition) is 4. The third-order valence-electron chi connectivity index (χ3n) is 5.01. The van der Waals surface area contributed by atoms with Gasteiger partial charge >= 0.3 is 7.82 Å². The van der Waals surface area contributed by atoms with Crippen LogP contribution in [-0.4, -0.2) is 56.0 Å². The van der Waals surface area contributed by atoms with E-state index in [9.17, 15) is 0 Å². The Morgan fingerprint density at radius 3 is 0.862 bits per heavy atom. The van der Waals surface area contributed by atoms with Crippen molar-refractivity contribution in [1.82, 2.24) is 0 Å². The summed E-state index contributed by atoms with van der Waals surface area (Å²) in [5, 5.41) is 8.71. The molecule has 0 amide bonds. The van der Waals surface area contributed by atoms with E-state index in [0.29, 0.717) is 6.61 Å². The van der Waals surface area contributed by atoms with E-state index >= 15 is 0 Å². The molecular formula is C22H51NaO5P. The summed E-state index contributed by atoms with van der Waals surface area (Å²) in [6.45, 7) is 2.67. The van der Waals surface area contributed by atoms with Crippen LogP contribution in [-0.2, 0) is 4.57 Å². The molecule has 0 aromatic carbocycles. The normalized spacial score (nSPS) is 10.9. The van der Waals surface area contributed by atoms with Crippen LogP contribution in [0.3, 0.4) is 0 Å². The molecule has 0 aromatic rings. The zero-order valence-electron chi connectivity index (χ0n) is 19.5. The monoisotopic (exact) mass is 449 g/mol. The molecule has 175 valence electrons. The van der Waals surface area contributed by atoms with Gasteiger partial charge in [-0.2, -0.15) is 0 Å². The van der Waals surface area contributed by atoms with Gasteiger partial charge in [0, 0.05) is 37.6 Å². The van der Waals surface area contributed by atoms with Crippen molar-refractivity contribution in [3.63, 3.8) is 0 Å². The van der Waals surface area contributed by atoms with Crippen molar-refractivity contribution >= 4 is 37.4 Å². The molecule has 0 spiro atoms. The first kappa shape index (κ1) is 34.7. The van der Waals surface area contributed by atoms with E-state index in [0.717, 1.165) is 6.42 Å². The molecule has 0 aliphatic heterocycles. The average molecular weight is 450 g/mol. The predicted octanol–water partition coefficient (Wildman–Crippen LogP) is 6.74. The van der Waals surface area contributed by atoms with Gasteiger partial charge in [-0.15, -0.1) is 0 Å². The Hall–Kier alpha value is 1.07. The molecule has 0 aliphatic rings. The number of unbranched alkanes of at least 4 members (excludes halogenated alkanes) is 19. The van der Waals surface area contributed by atoms with Crippen LogP contribution in [0.25, 0.3) is 0 Å². The van der Waals surface area contributed by atoms with Crippen LogP contribution in [0.4, 0.5) is 0 Å². The molecule has 0 atom stereocenters. The Kier molecular flexibility index (Phi) is 34.8. The summed E-state index contributed by atoms with van der Waals surface area (Å²) in [4.78, 5) is 21.6. The van der Waals surface area contributed by atoms with Crippen LogP contribution in [0.5, 0.6) is 0 Å². The molecule has 5 nitrogen and oxygen atoms in total. The molecule has 0 saturated carbocycles. The summed E-state index contributed by atoms with van der Waals surface area (Å²) in [5.41, 5.74) is 0. The fourth-order valence-electron chi connectivity index (χ4n) is 3.37. The number of rotatable bonds is 20. The Morgan fingerprint density at radius 2 is 0.690 bits per heavy atom. The molecule has 1 radical (unpaired) electrons. The van der Waals surface area contributed by atoms with E-state index in [1.165, 1.54) is 122 Å². The van der Waals surface area contributed by atoms with Crippen molar-refractivity contribution in [3.05, 3.63) is 0 Å². The van der Waals surface area contributed by atoms with Gasteiger partial charge in [0.1, 0.15) is 0 Å². The standard InChI is InChI=1S/C22H46O.Na.H3O4P.H2/c1-2-3-4-5-6-7-8-9-10-11-12-13-14-15-16-17-18-19-20-21-22-23;;1-5(2,3)4;/h23H,2-22H2,1H3;;(H3,1,2,3,4);1H. The fourth-order valence-corrected chi connectivity index (χ4v) is 3.37. The van der Waals surface area contributed by atoms with E-state index in [1.54, 1.807) is 0 Å². The van der Waals surface area contributed by atoms with Gasteiger partial charge in [-0.1, -0.05) is 129 Å². The zero-order valence-corrected chi connectivity index (χ0v) is 22.4. The van der Waals surface area contributed by atoms with Crippen molar-refractivity contribution in [2.24, 2.45) is 0 Å². The van der Waals surface area contributed by atoms with E-state index in [2.05, 4.69) is 6.92 Å². The van der Waals surface area contributed by atoms with Gasteiger partial charge in [-0.25, -0.2) is 4.57 Å². The third-order valence-corrected chi connectivity index (χ3v) is 5.01. The van der Waals surface area contributed by atoms with Crippen LogP contribution in [0.1, 0.15) is 137 Å². The number of aliphatic hydroxyl groups excluding tert-OH is 1. The maximum absolute atomic E-state index is 8.88. The van der Waals surface area contributed by atoms with Gasteiger partial charge in [0.25, 0.3) is 0 Å². The molecule has 29 heavy (non-hydrogen) atoms. The minimum absolute atomic E-state index is 0. The van der Waals surface area contributed by atoms with Gasteiger partial charge in [0.15, 0.2) is 0 Å². The SMILES string of the molecule is CCCCCCCCCCCCCCCCCCCCCCO.O=P(O)(O)O.[HH].[Na]. The Balaban J connectivity index is -0.000000429. The second kappa shape index (κ2) is 29.1. The summed E-state index contributed by atoms with van der Waals surface area (Å²) in [5.74, 6) is 0. The largest absolute Gasteiger partial charge is 0.466 e. The Bertz CT molecular complexity index is 304. The van der Waals surface area contributed by atoms with Gasteiger partial charge in [0.2, 0.25) is 0 Å². The summed E-state index contributed by atoms with van der Waals surface area (Å²) in [6, 6.07) is 0. The van der Waals surface area contributed by atoms with E-state index in [1.807, 2.05) is 0 Å². The first-order valence-electron chi connectivity index (χ1n) is 11.8. The van der Waals surface area contributed by atoms with Gasteiger partial charge in [-0.05, 0) is 6.42 Å². The molecular weight excluding hydrogens is 398 g/mol. The molecule has 7 heteroatoms. The van der Waals surface area contributed by atoms with Crippen LogP contribution in [0.15, 0.2) is 0 Å². The van der Waals surface area contributed by atoms with Crippen molar-refractivity contribution in [3.8, 4) is 0 Å². The van der Waals surface area contributed by atoms with Crippen LogP contribution >= 0.6 is 7.82 Å². The quantitative estimate of drug-likeness (QED) is 0.0937. The molecule has 0 bridgehead atoms. The third kappa shape index (κ3) is 48.0. The molecule has 0 heterocycles. The first-order chi connectivity index (χ1) is 13.4. The van der Waals surface area contributed by atoms with E-state index in [-0.39, 0.29) is 31.0 Å². The second-order valence-corrected chi connectivity index (χ2v) is 8.98. The summed E-state index contributed by atoms with van der Waals surface area (Å²) < 4.78 is 8.88. The maximum Gasteiger partial charge on any atom is 0.466 e. The van der Waals surface area contributed by atoms with Crippen LogP contribution < -0.4 is 0 Å². The minimum atomic E-state index is -4.64.